The number of hydrogen-bond acceptors (Lipinski definition) is 12. The van der Waals surface area contributed by atoms with Gasteiger partial charge in [-0.1, -0.05) is 29.8 Å². The van der Waals surface area contributed by atoms with Gasteiger partial charge in [-0.2, -0.15) is 0 Å². The highest BCUT2D eigenvalue weighted by atomic mass is 35.5. The van der Waals surface area contributed by atoms with Crippen LogP contribution < -0.4 is 20.7 Å². The van der Waals surface area contributed by atoms with Crippen molar-refractivity contribution in [1.29, 1.82) is 0 Å². The summed E-state index contributed by atoms with van der Waals surface area (Å²) in [6.45, 7) is 7.11. The van der Waals surface area contributed by atoms with E-state index in [1.807, 2.05) is 35.8 Å². The van der Waals surface area contributed by atoms with Crippen LogP contribution >= 0.6 is 22.9 Å². The maximum atomic E-state index is 13.2. The van der Waals surface area contributed by atoms with Crippen LogP contribution in [0.3, 0.4) is 0 Å². The number of piperidine rings is 1. The number of carbonyl (C=O) groups is 6. The lowest BCUT2D eigenvalue weighted by Crippen LogP contribution is -2.54. The molecule has 1 unspecified atom stereocenters. The largest absolute Gasteiger partial charge is 0.483 e. The Kier molecular flexibility index (Phi) is 12.1. The van der Waals surface area contributed by atoms with Gasteiger partial charge in [-0.05, 0) is 69.9 Å². The molecule has 302 valence electrons. The minimum atomic E-state index is -1.11. The molecule has 1 saturated heterocycles. The topological polar surface area (TPSA) is 203 Å². The number of nitrogens with one attached hydrogen (secondary N) is 3. The summed E-state index contributed by atoms with van der Waals surface area (Å²) >= 11 is 7.86. The molecule has 16 nitrogen and oxygen atoms in total. The number of amides is 6. The van der Waals surface area contributed by atoms with Crippen LogP contribution in [0.4, 0.5) is 0 Å². The van der Waals surface area contributed by atoms with E-state index in [4.69, 9.17) is 26.1 Å². The van der Waals surface area contributed by atoms with Gasteiger partial charge in [0.2, 0.25) is 17.7 Å². The van der Waals surface area contributed by atoms with Gasteiger partial charge in [-0.3, -0.25) is 48.5 Å². The van der Waals surface area contributed by atoms with E-state index in [1.165, 1.54) is 18.2 Å². The van der Waals surface area contributed by atoms with Gasteiger partial charge < -0.3 is 20.1 Å². The second-order valence-corrected chi connectivity index (χ2v) is 15.7. The van der Waals surface area contributed by atoms with Gasteiger partial charge in [-0.25, -0.2) is 0 Å². The average molecular weight is 829 g/mol. The molecule has 1 fully saturated rings. The molecule has 6 amide bonds. The van der Waals surface area contributed by atoms with Crippen LogP contribution in [0.5, 0.6) is 5.75 Å². The maximum absolute atomic E-state index is 13.2. The van der Waals surface area contributed by atoms with E-state index in [1.54, 1.807) is 11.3 Å². The lowest BCUT2D eigenvalue weighted by Gasteiger charge is -2.27. The van der Waals surface area contributed by atoms with Crippen LogP contribution in [0.25, 0.3) is 5.00 Å². The second-order valence-electron chi connectivity index (χ2n) is 14.0. The Balaban J connectivity index is 0.833. The Labute approximate surface area is 342 Å². The van der Waals surface area contributed by atoms with E-state index in [9.17, 15) is 28.8 Å². The third-order valence-electron chi connectivity index (χ3n) is 10.1. The summed E-state index contributed by atoms with van der Waals surface area (Å²) in [6.07, 6.45) is 1.21. The number of hydrogen-bond donors (Lipinski definition) is 3. The van der Waals surface area contributed by atoms with Crippen LogP contribution in [-0.2, 0) is 23.9 Å². The van der Waals surface area contributed by atoms with Crippen molar-refractivity contribution in [3.8, 4) is 10.8 Å². The number of aliphatic imine (C=N–C) groups is 1. The number of benzene rings is 2. The first-order valence-electron chi connectivity index (χ1n) is 18.9. The molecule has 5 heterocycles. The quantitative estimate of drug-likeness (QED) is 0.117. The molecule has 2 aromatic carbocycles. The van der Waals surface area contributed by atoms with Crippen molar-refractivity contribution in [2.24, 2.45) is 4.99 Å². The number of thiophene rings is 1. The van der Waals surface area contributed by atoms with Crippen LogP contribution in [-0.4, -0.2) is 99.8 Å². The third kappa shape index (κ3) is 8.28. The summed E-state index contributed by atoms with van der Waals surface area (Å²) in [5.41, 5.74) is 3.81. The number of rotatable bonds is 15. The Morgan fingerprint density at radius 2 is 1.66 bits per heavy atom. The van der Waals surface area contributed by atoms with Gasteiger partial charge in [0, 0.05) is 53.8 Å². The standard InChI is InChI=1S/C40H41ClN8O8S/c1-21-22(2)58-40-33(21)35(24-9-11-25(41)12-10-24)44-27(36-47-46-23(3)48(36)40)19-31(51)42-15-5-17-56-18-6-16-43-32(52)20-57-29-8-4-7-26-34(29)39(55)49(38(26)54)28-13-14-30(50)45-37(28)53/h4,7-12,27-28H,5-6,13-20H2,1-3H3,(H,42,51)(H,43,52)(H,45,50,53)/t27-,28?/m0/s1. The van der Waals surface area contributed by atoms with E-state index < -0.39 is 48.2 Å². The molecule has 0 saturated carbocycles. The molecule has 2 atom stereocenters. The highest BCUT2D eigenvalue weighted by Crippen LogP contribution is 2.40. The van der Waals surface area contributed by atoms with Crippen molar-refractivity contribution in [2.45, 2.75) is 65.0 Å². The normalized spacial score (nSPS) is 17.2. The zero-order valence-corrected chi connectivity index (χ0v) is 33.6. The predicted molar refractivity (Wildman–Crippen MR) is 213 cm³/mol. The smallest absolute Gasteiger partial charge is 0.266 e. The number of aryl methyl sites for hydroxylation is 2. The number of halogens is 1. The highest BCUT2D eigenvalue weighted by Gasteiger charge is 2.46. The highest BCUT2D eigenvalue weighted by molar-refractivity contribution is 7.15. The molecule has 3 aliphatic rings. The molecule has 18 heteroatoms. The molecule has 0 bridgehead atoms. The molecule has 7 rings (SSSR count). The lowest BCUT2D eigenvalue weighted by molar-refractivity contribution is -0.136. The number of carbonyl (C=O) groups excluding carboxylic acids is 6. The molecule has 2 aromatic heterocycles. The van der Waals surface area contributed by atoms with Gasteiger partial charge >= 0.3 is 0 Å². The lowest BCUT2D eigenvalue weighted by atomic mass is 9.99. The molecular formula is C40H41ClN8O8S. The van der Waals surface area contributed by atoms with Gasteiger partial charge in [-0.15, -0.1) is 21.5 Å². The minimum Gasteiger partial charge on any atom is -0.483 e. The predicted octanol–water partition coefficient (Wildman–Crippen LogP) is 3.70. The van der Waals surface area contributed by atoms with Crippen LogP contribution in [0.2, 0.25) is 5.02 Å². The average Bonchev–Trinajstić information content (AvgIpc) is 3.77. The number of aromatic nitrogens is 3. The fourth-order valence-electron chi connectivity index (χ4n) is 7.08. The molecule has 58 heavy (non-hydrogen) atoms. The Morgan fingerprint density at radius 1 is 0.931 bits per heavy atom. The van der Waals surface area contributed by atoms with Gasteiger partial charge in [0.15, 0.2) is 12.4 Å². The minimum absolute atomic E-state index is 0.00517. The van der Waals surface area contributed by atoms with E-state index >= 15 is 0 Å². The number of fused-ring (bicyclic) bond motifs is 4. The first kappa shape index (κ1) is 40.4. The second kappa shape index (κ2) is 17.4. The molecular weight excluding hydrogens is 788 g/mol. The van der Waals surface area contributed by atoms with Crippen molar-refractivity contribution in [3.05, 3.63) is 91.8 Å². The van der Waals surface area contributed by atoms with E-state index in [0.29, 0.717) is 55.8 Å². The molecule has 0 aliphatic carbocycles. The zero-order valence-electron chi connectivity index (χ0n) is 32.1. The van der Waals surface area contributed by atoms with Crippen LogP contribution in [0, 0.1) is 20.8 Å². The Bertz CT molecular complexity index is 2340. The summed E-state index contributed by atoms with van der Waals surface area (Å²) in [5.74, 6) is -1.81. The van der Waals surface area contributed by atoms with Gasteiger partial charge in [0.1, 0.15) is 28.7 Å². The van der Waals surface area contributed by atoms with Crippen molar-refractivity contribution in [3.63, 3.8) is 0 Å². The molecule has 3 N–H and O–H groups in total. The number of nitrogens with zero attached hydrogens (tertiary/aromatic N) is 5. The third-order valence-corrected chi connectivity index (χ3v) is 11.5. The maximum Gasteiger partial charge on any atom is 0.266 e. The van der Waals surface area contributed by atoms with Crippen molar-refractivity contribution in [2.75, 3.05) is 32.9 Å². The summed E-state index contributed by atoms with van der Waals surface area (Å²) < 4.78 is 13.3. The SMILES string of the molecule is Cc1sc2c(c1C)C(c1ccc(Cl)cc1)=N[C@@H](CC(=O)NCCCOCCCNC(=O)COc1cccc3c1C(=O)N(C1CCC(=O)NC1=O)C3=O)c1nnc(C)n1-2. The van der Waals surface area contributed by atoms with Gasteiger partial charge in [0.05, 0.1) is 23.3 Å². The zero-order chi connectivity index (χ0) is 41.1. The molecule has 0 spiro atoms. The van der Waals surface area contributed by atoms with Crippen molar-refractivity contribution < 1.29 is 38.2 Å². The summed E-state index contributed by atoms with van der Waals surface area (Å²) in [5, 5.41) is 18.3. The van der Waals surface area contributed by atoms with Crippen molar-refractivity contribution in [1.82, 2.24) is 35.6 Å². The molecule has 3 aliphatic heterocycles. The van der Waals surface area contributed by atoms with Crippen LogP contribution in [0.15, 0.2) is 47.5 Å². The summed E-state index contributed by atoms with van der Waals surface area (Å²) in [7, 11) is 0. The van der Waals surface area contributed by atoms with Crippen molar-refractivity contribution >= 4 is 64.1 Å². The fraction of sp³-hybridized carbons (Fsp3) is 0.375. The number of ether oxygens (including phenoxy) is 2. The summed E-state index contributed by atoms with van der Waals surface area (Å²) in [4.78, 5) is 83.0. The first-order valence-corrected chi connectivity index (χ1v) is 20.1. The fourth-order valence-corrected chi connectivity index (χ4v) is 8.42. The monoisotopic (exact) mass is 828 g/mol. The van der Waals surface area contributed by atoms with Gasteiger partial charge in [0.25, 0.3) is 17.7 Å². The number of imide groups is 2. The Hall–Kier alpha value is -5.78. The Morgan fingerprint density at radius 3 is 2.38 bits per heavy atom. The van der Waals surface area contributed by atoms with Crippen LogP contribution in [0.1, 0.15) is 92.1 Å². The molecule has 0 radical (unpaired) electrons. The molecule has 4 aromatic rings. The van der Waals surface area contributed by atoms with E-state index in [0.717, 1.165) is 37.2 Å². The van der Waals surface area contributed by atoms with E-state index in [2.05, 4.69) is 40.0 Å². The van der Waals surface area contributed by atoms with E-state index in [-0.39, 0.29) is 42.0 Å². The first-order chi connectivity index (χ1) is 27.9. The summed E-state index contributed by atoms with van der Waals surface area (Å²) in [6, 6.07) is 10.3.